The molecule has 5 nitrogen and oxygen atoms in total. The average Bonchev–Trinajstić information content (AvgIpc) is 2.86. The summed E-state index contributed by atoms with van der Waals surface area (Å²) in [4.78, 5) is 27.1. The molecule has 2 N–H and O–H groups in total. The van der Waals surface area contributed by atoms with Gasteiger partial charge in [0.1, 0.15) is 0 Å². The van der Waals surface area contributed by atoms with Crippen LogP contribution in [-0.4, -0.2) is 45.5 Å². The summed E-state index contributed by atoms with van der Waals surface area (Å²) in [7, 11) is 0. The third-order valence-electron chi connectivity index (χ3n) is 6.21. The zero-order valence-corrected chi connectivity index (χ0v) is 19.7. The summed E-state index contributed by atoms with van der Waals surface area (Å²) in [5.41, 5.74) is 2.78. The third kappa shape index (κ3) is 5.89. The van der Waals surface area contributed by atoms with Crippen molar-refractivity contribution in [2.75, 3.05) is 12.4 Å². The van der Waals surface area contributed by atoms with Crippen molar-refractivity contribution in [3.8, 4) is 11.1 Å². The van der Waals surface area contributed by atoms with Crippen molar-refractivity contribution in [3.63, 3.8) is 0 Å². The molecule has 0 spiro atoms. The Morgan fingerprint density at radius 2 is 1.69 bits per heavy atom. The van der Waals surface area contributed by atoms with Gasteiger partial charge in [-0.2, -0.15) is 0 Å². The van der Waals surface area contributed by atoms with Gasteiger partial charge in [0.15, 0.2) is 11.6 Å². The second-order valence-corrected chi connectivity index (χ2v) is 9.49. The molecule has 1 amide bonds. The summed E-state index contributed by atoms with van der Waals surface area (Å²) in [5.74, 6) is -3.58. The SMILES string of the molecule is O=C(O)[C@@H](CCN1CSc2ccccc2C1=O)[C@H](O)CCc1ccc(-c2ccc(F)c(F)c2)cc1. The Morgan fingerprint density at radius 1 is 0.971 bits per heavy atom. The molecular weight excluding hydrogens is 472 g/mol. The van der Waals surface area contributed by atoms with E-state index in [1.165, 1.54) is 17.8 Å². The van der Waals surface area contributed by atoms with Crippen molar-refractivity contribution < 1.29 is 28.6 Å². The molecule has 0 fully saturated rings. The molecule has 1 aliphatic heterocycles. The van der Waals surface area contributed by atoms with E-state index in [0.717, 1.165) is 28.2 Å². The van der Waals surface area contributed by atoms with Gasteiger partial charge in [-0.1, -0.05) is 42.5 Å². The molecule has 3 aromatic rings. The predicted molar refractivity (Wildman–Crippen MR) is 130 cm³/mol. The van der Waals surface area contributed by atoms with Crippen molar-refractivity contribution in [2.24, 2.45) is 5.92 Å². The summed E-state index contributed by atoms with van der Waals surface area (Å²) in [6, 6.07) is 18.2. The van der Waals surface area contributed by atoms with Crippen LogP contribution < -0.4 is 0 Å². The van der Waals surface area contributed by atoms with Crippen LogP contribution in [0.1, 0.15) is 28.8 Å². The lowest BCUT2D eigenvalue weighted by Crippen LogP contribution is -2.38. The molecule has 0 saturated heterocycles. The Morgan fingerprint density at radius 3 is 2.40 bits per heavy atom. The van der Waals surface area contributed by atoms with E-state index in [-0.39, 0.29) is 25.3 Å². The van der Waals surface area contributed by atoms with Gasteiger partial charge in [0.05, 0.1) is 23.5 Å². The lowest BCUT2D eigenvalue weighted by atomic mass is 9.93. The Balaban J connectivity index is 1.32. The van der Waals surface area contributed by atoms with Gasteiger partial charge in [-0.25, -0.2) is 8.78 Å². The number of amides is 1. The van der Waals surface area contributed by atoms with E-state index in [9.17, 15) is 28.6 Å². The van der Waals surface area contributed by atoms with Crippen molar-refractivity contribution in [3.05, 3.63) is 89.5 Å². The molecule has 182 valence electrons. The number of thioether (sulfide) groups is 1. The summed E-state index contributed by atoms with van der Waals surface area (Å²) in [6.07, 6.45) is -0.222. The van der Waals surface area contributed by atoms with E-state index in [4.69, 9.17) is 0 Å². The van der Waals surface area contributed by atoms with Gasteiger partial charge in [0, 0.05) is 11.4 Å². The molecule has 0 saturated carbocycles. The summed E-state index contributed by atoms with van der Waals surface area (Å²) < 4.78 is 26.6. The number of hydrogen-bond acceptors (Lipinski definition) is 4. The van der Waals surface area contributed by atoms with Gasteiger partial charge >= 0.3 is 5.97 Å². The fraction of sp³-hybridized carbons (Fsp3) is 0.259. The number of carboxylic acid groups (broad SMARTS) is 1. The summed E-state index contributed by atoms with van der Waals surface area (Å²) in [6.45, 7) is 0.247. The number of rotatable bonds is 9. The Hall–Kier alpha value is -3.23. The number of hydrogen-bond donors (Lipinski definition) is 2. The first-order chi connectivity index (χ1) is 16.8. The van der Waals surface area contributed by atoms with E-state index in [1.54, 1.807) is 29.2 Å². The van der Waals surface area contributed by atoms with Gasteiger partial charge in [-0.05, 0) is 60.2 Å². The van der Waals surface area contributed by atoms with E-state index >= 15 is 0 Å². The number of carbonyl (C=O) groups is 2. The second-order valence-electron chi connectivity index (χ2n) is 8.50. The number of aliphatic carboxylic acids is 1. The van der Waals surface area contributed by atoms with Crippen LogP contribution >= 0.6 is 11.8 Å². The van der Waals surface area contributed by atoms with Crippen molar-refractivity contribution in [1.82, 2.24) is 4.90 Å². The van der Waals surface area contributed by atoms with Crippen LogP contribution in [0.4, 0.5) is 8.78 Å². The number of benzene rings is 3. The van der Waals surface area contributed by atoms with Crippen LogP contribution in [0.25, 0.3) is 11.1 Å². The minimum absolute atomic E-state index is 0.126. The highest BCUT2D eigenvalue weighted by Gasteiger charge is 2.30. The number of aryl methyl sites for hydroxylation is 1. The van der Waals surface area contributed by atoms with Crippen LogP contribution in [0.5, 0.6) is 0 Å². The number of aliphatic hydroxyl groups excluding tert-OH is 1. The molecule has 0 radical (unpaired) electrons. The molecule has 0 aliphatic carbocycles. The molecular formula is C27H25F2NO4S. The molecule has 0 bridgehead atoms. The summed E-state index contributed by atoms with van der Waals surface area (Å²) >= 11 is 1.53. The minimum Gasteiger partial charge on any atom is -0.481 e. The van der Waals surface area contributed by atoms with Gasteiger partial charge in [0.2, 0.25) is 0 Å². The molecule has 1 heterocycles. The normalized spacial score (nSPS) is 14.9. The molecule has 4 rings (SSSR count). The number of carbonyl (C=O) groups excluding carboxylic acids is 1. The Kier molecular flexibility index (Phi) is 7.83. The van der Waals surface area contributed by atoms with Gasteiger partial charge < -0.3 is 15.1 Å². The third-order valence-corrected chi connectivity index (χ3v) is 7.32. The predicted octanol–water partition coefficient (Wildman–Crippen LogP) is 5.22. The quantitative estimate of drug-likeness (QED) is 0.424. The highest BCUT2D eigenvalue weighted by Crippen LogP contribution is 2.30. The van der Waals surface area contributed by atoms with Gasteiger partial charge in [-0.3, -0.25) is 9.59 Å². The topological polar surface area (TPSA) is 77.8 Å². The number of fused-ring (bicyclic) bond motifs is 1. The van der Waals surface area contributed by atoms with E-state index < -0.39 is 29.6 Å². The van der Waals surface area contributed by atoms with Crippen LogP contribution in [0.2, 0.25) is 0 Å². The van der Waals surface area contributed by atoms with Crippen LogP contribution in [-0.2, 0) is 11.2 Å². The highest BCUT2D eigenvalue weighted by atomic mass is 32.2. The zero-order valence-electron chi connectivity index (χ0n) is 18.9. The maximum Gasteiger partial charge on any atom is 0.309 e. The molecule has 2 atom stereocenters. The first-order valence-corrected chi connectivity index (χ1v) is 12.3. The highest BCUT2D eigenvalue weighted by molar-refractivity contribution is 7.99. The first kappa shape index (κ1) is 24.9. The Bertz CT molecular complexity index is 1220. The summed E-state index contributed by atoms with van der Waals surface area (Å²) in [5, 5.41) is 20.3. The number of nitrogens with zero attached hydrogens (tertiary/aromatic N) is 1. The fourth-order valence-electron chi connectivity index (χ4n) is 4.14. The first-order valence-electron chi connectivity index (χ1n) is 11.3. The minimum atomic E-state index is -1.09. The monoisotopic (exact) mass is 497 g/mol. The lowest BCUT2D eigenvalue weighted by molar-refractivity contribution is -0.146. The standard InChI is InChI=1S/C27H25F2NO4S/c28-22-11-10-19(15-23(22)29)18-8-5-17(6-9-18)7-12-24(31)20(27(33)34)13-14-30-16-35-25-4-2-1-3-21(25)26(30)32/h1-6,8-11,15,20,24,31H,7,12-14,16H2,(H,33,34)/t20-,24+/m0/s1. The van der Waals surface area contributed by atoms with Crippen LogP contribution in [0.3, 0.4) is 0 Å². The van der Waals surface area contributed by atoms with E-state index in [1.807, 2.05) is 24.3 Å². The molecule has 8 heteroatoms. The van der Waals surface area contributed by atoms with Crippen LogP contribution in [0.15, 0.2) is 71.6 Å². The fourth-order valence-corrected chi connectivity index (χ4v) is 5.17. The molecule has 0 unspecified atom stereocenters. The zero-order chi connectivity index (χ0) is 24.9. The van der Waals surface area contributed by atoms with E-state index in [2.05, 4.69) is 0 Å². The molecule has 3 aromatic carbocycles. The molecule has 35 heavy (non-hydrogen) atoms. The molecule has 0 aromatic heterocycles. The van der Waals surface area contributed by atoms with Crippen LogP contribution in [0, 0.1) is 17.6 Å². The lowest BCUT2D eigenvalue weighted by Gasteiger charge is -2.29. The largest absolute Gasteiger partial charge is 0.481 e. The maximum absolute atomic E-state index is 13.5. The van der Waals surface area contributed by atoms with E-state index in [0.29, 0.717) is 23.4 Å². The van der Waals surface area contributed by atoms with Gasteiger partial charge in [0.25, 0.3) is 5.91 Å². The smallest absolute Gasteiger partial charge is 0.309 e. The van der Waals surface area contributed by atoms with Crippen molar-refractivity contribution in [2.45, 2.75) is 30.3 Å². The second kappa shape index (κ2) is 11.0. The number of halogens is 2. The number of aliphatic hydroxyl groups is 1. The van der Waals surface area contributed by atoms with Crippen molar-refractivity contribution >= 4 is 23.6 Å². The average molecular weight is 498 g/mol. The molecule has 1 aliphatic rings. The van der Waals surface area contributed by atoms with Crippen molar-refractivity contribution in [1.29, 1.82) is 0 Å². The number of carboxylic acids is 1. The van der Waals surface area contributed by atoms with Gasteiger partial charge in [-0.15, -0.1) is 11.8 Å². The maximum atomic E-state index is 13.5. The Labute approximate surface area is 206 Å².